The average molecular weight is 238 g/mol. The summed E-state index contributed by atoms with van der Waals surface area (Å²) in [5.74, 6) is 0.792. The highest BCUT2D eigenvalue weighted by Gasteiger charge is 2.35. The van der Waals surface area contributed by atoms with Gasteiger partial charge >= 0.3 is 0 Å². The molecule has 17 heavy (non-hydrogen) atoms. The van der Waals surface area contributed by atoms with Gasteiger partial charge in [-0.15, -0.1) is 0 Å². The van der Waals surface area contributed by atoms with Gasteiger partial charge in [0.05, 0.1) is 0 Å². The van der Waals surface area contributed by atoms with E-state index < -0.39 is 0 Å². The highest BCUT2D eigenvalue weighted by atomic mass is 15.2. The number of nitrogens with one attached hydrogen (secondary N) is 1. The smallest absolute Gasteiger partial charge is 0.0122 e. The molecule has 1 heterocycles. The minimum absolute atomic E-state index is 0.567. The van der Waals surface area contributed by atoms with Crippen LogP contribution in [0.3, 0.4) is 0 Å². The summed E-state index contributed by atoms with van der Waals surface area (Å²) in [4.78, 5) is 2.50. The molecule has 0 bridgehead atoms. The molecule has 1 saturated carbocycles. The average Bonchev–Trinajstić information content (AvgIpc) is 2.54. The Kier molecular flexibility index (Phi) is 3.84. The Hall–Kier alpha value is -0.0800. The third-order valence-corrected chi connectivity index (χ3v) is 5.03. The second-order valence-corrected chi connectivity index (χ2v) is 7.38. The van der Waals surface area contributed by atoms with Crippen molar-refractivity contribution in [3.63, 3.8) is 0 Å². The molecule has 4 atom stereocenters. The third-order valence-electron chi connectivity index (χ3n) is 5.03. The van der Waals surface area contributed by atoms with Gasteiger partial charge in [0.2, 0.25) is 0 Å². The van der Waals surface area contributed by atoms with E-state index in [0.29, 0.717) is 5.41 Å². The molecule has 2 heteroatoms. The number of piperidine rings is 1. The fourth-order valence-electron chi connectivity index (χ4n) is 3.65. The molecule has 100 valence electrons. The van der Waals surface area contributed by atoms with Crippen LogP contribution in [0.5, 0.6) is 0 Å². The van der Waals surface area contributed by atoms with Crippen LogP contribution in [0.1, 0.15) is 53.4 Å². The van der Waals surface area contributed by atoms with Crippen LogP contribution < -0.4 is 5.32 Å². The monoisotopic (exact) mass is 238 g/mol. The fourth-order valence-corrected chi connectivity index (χ4v) is 3.65. The molecule has 0 amide bonds. The van der Waals surface area contributed by atoms with E-state index in [1.54, 1.807) is 0 Å². The number of likely N-dealkylation sites (tertiary alicyclic amines) is 1. The van der Waals surface area contributed by atoms with Crippen LogP contribution in [0.4, 0.5) is 0 Å². The van der Waals surface area contributed by atoms with Crippen LogP contribution in [0.15, 0.2) is 0 Å². The van der Waals surface area contributed by atoms with Crippen LogP contribution in [-0.2, 0) is 0 Å². The molecule has 1 aliphatic heterocycles. The van der Waals surface area contributed by atoms with Crippen molar-refractivity contribution in [3.05, 3.63) is 0 Å². The number of rotatable bonds is 2. The van der Waals surface area contributed by atoms with Crippen molar-refractivity contribution < 1.29 is 0 Å². The molecule has 2 nitrogen and oxygen atoms in total. The Morgan fingerprint density at radius 1 is 1.24 bits per heavy atom. The molecule has 0 radical (unpaired) electrons. The van der Waals surface area contributed by atoms with Gasteiger partial charge in [-0.1, -0.05) is 20.8 Å². The van der Waals surface area contributed by atoms with E-state index in [1.165, 1.54) is 32.2 Å². The quantitative estimate of drug-likeness (QED) is 0.796. The lowest BCUT2D eigenvalue weighted by atomic mass is 9.88. The maximum absolute atomic E-state index is 3.95. The first-order valence-corrected chi connectivity index (χ1v) is 7.34. The van der Waals surface area contributed by atoms with E-state index in [9.17, 15) is 0 Å². The highest BCUT2D eigenvalue weighted by molar-refractivity contribution is 4.92. The maximum atomic E-state index is 3.95. The van der Waals surface area contributed by atoms with E-state index in [4.69, 9.17) is 0 Å². The molecule has 1 saturated heterocycles. The minimum Gasteiger partial charge on any atom is -0.311 e. The summed E-state index contributed by atoms with van der Waals surface area (Å²) in [6, 6.07) is 2.24. The predicted molar refractivity (Wildman–Crippen MR) is 74.2 cm³/mol. The Bertz CT molecular complexity index is 262. The first-order valence-electron chi connectivity index (χ1n) is 7.34. The molecular weight excluding hydrogens is 208 g/mol. The molecule has 4 unspecified atom stereocenters. The molecule has 2 fully saturated rings. The van der Waals surface area contributed by atoms with Crippen LogP contribution in [0.2, 0.25) is 0 Å². The topological polar surface area (TPSA) is 15.3 Å². The van der Waals surface area contributed by atoms with E-state index in [0.717, 1.165) is 24.0 Å². The minimum atomic E-state index is 0.567. The van der Waals surface area contributed by atoms with Gasteiger partial charge in [-0.2, -0.15) is 0 Å². The van der Waals surface area contributed by atoms with E-state index >= 15 is 0 Å². The molecule has 1 N–H and O–H groups in total. The first-order chi connectivity index (χ1) is 7.87. The maximum Gasteiger partial charge on any atom is 0.0122 e. The van der Waals surface area contributed by atoms with Crippen LogP contribution in [0.25, 0.3) is 0 Å². The van der Waals surface area contributed by atoms with Crippen molar-refractivity contribution in [2.24, 2.45) is 11.3 Å². The zero-order chi connectivity index (χ0) is 12.6. The first kappa shape index (κ1) is 13.4. The van der Waals surface area contributed by atoms with Gasteiger partial charge in [0.25, 0.3) is 0 Å². The highest BCUT2D eigenvalue weighted by Crippen LogP contribution is 2.37. The van der Waals surface area contributed by atoms with E-state index in [2.05, 4.69) is 45.0 Å². The molecule has 0 aromatic heterocycles. The molecule has 0 aromatic carbocycles. The summed E-state index contributed by atoms with van der Waals surface area (Å²) in [5, 5.41) is 3.95. The molecule has 0 aromatic rings. The summed E-state index contributed by atoms with van der Waals surface area (Å²) in [7, 11) is 2.26. The molecule has 1 aliphatic carbocycles. The Labute approximate surface area is 107 Å². The van der Waals surface area contributed by atoms with Gasteiger partial charge in [0, 0.05) is 24.7 Å². The Morgan fingerprint density at radius 2 is 1.94 bits per heavy atom. The zero-order valence-electron chi connectivity index (χ0n) is 12.3. The van der Waals surface area contributed by atoms with Crippen molar-refractivity contribution in [1.82, 2.24) is 10.2 Å². The largest absolute Gasteiger partial charge is 0.311 e. The summed E-state index contributed by atoms with van der Waals surface area (Å²) < 4.78 is 0. The van der Waals surface area contributed by atoms with Gasteiger partial charge in [0.15, 0.2) is 0 Å². The lowest BCUT2D eigenvalue weighted by Gasteiger charge is -2.41. The van der Waals surface area contributed by atoms with Crippen molar-refractivity contribution in [3.8, 4) is 0 Å². The van der Waals surface area contributed by atoms with Crippen molar-refractivity contribution >= 4 is 0 Å². The second kappa shape index (κ2) is 4.89. The predicted octanol–water partition coefficient (Wildman–Crippen LogP) is 2.88. The van der Waals surface area contributed by atoms with E-state index in [1.807, 2.05) is 0 Å². The number of hydrogen-bond donors (Lipinski definition) is 1. The van der Waals surface area contributed by atoms with Gasteiger partial charge in [-0.3, -0.25) is 0 Å². The van der Waals surface area contributed by atoms with Gasteiger partial charge in [-0.25, -0.2) is 0 Å². The summed E-state index contributed by atoms with van der Waals surface area (Å²) >= 11 is 0. The SMILES string of the molecule is CC1CN(C)C(C)CC1NC1CCC(C)(C)C1. The summed E-state index contributed by atoms with van der Waals surface area (Å²) in [6.45, 7) is 10.8. The van der Waals surface area contributed by atoms with E-state index in [-0.39, 0.29) is 0 Å². The summed E-state index contributed by atoms with van der Waals surface area (Å²) in [5.41, 5.74) is 0.567. The van der Waals surface area contributed by atoms with Crippen LogP contribution >= 0.6 is 0 Å². The van der Waals surface area contributed by atoms with Gasteiger partial charge < -0.3 is 10.2 Å². The number of hydrogen-bond acceptors (Lipinski definition) is 2. The number of nitrogens with zero attached hydrogens (tertiary/aromatic N) is 1. The normalized spacial score (nSPS) is 42.9. The zero-order valence-corrected chi connectivity index (χ0v) is 12.3. The lowest BCUT2D eigenvalue weighted by Crippen LogP contribution is -2.53. The van der Waals surface area contributed by atoms with Crippen molar-refractivity contribution in [1.29, 1.82) is 0 Å². The van der Waals surface area contributed by atoms with Crippen molar-refractivity contribution in [2.75, 3.05) is 13.6 Å². The van der Waals surface area contributed by atoms with Crippen LogP contribution in [0, 0.1) is 11.3 Å². The molecular formula is C15H30N2. The molecule has 2 aliphatic rings. The fraction of sp³-hybridized carbons (Fsp3) is 1.00. The third kappa shape index (κ3) is 3.23. The van der Waals surface area contributed by atoms with Gasteiger partial charge in [-0.05, 0) is 51.0 Å². The summed E-state index contributed by atoms with van der Waals surface area (Å²) in [6.07, 6.45) is 5.44. The van der Waals surface area contributed by atoms with Crippen LogP contribution in [-0.4, -0.2) is 36.6 Å². The lowest BCUT2D eigenvalue weighted by molar-refractivity contribution is 0.115. The standard InChI is InChI=1S/C15H30N2/c1-11-10-17(5)12(2)8-14(11)16-13-6-7-15(3,4)9-13/h11-14,16H,6-10H2,1-5H3. The second-order valence-electron chi connectivity index (χ2n) is 7.38. The Balaban J connectivity index is 1.87. The van der Waals surface area contributed by atoms with Gasteiger partial charge in [0.1, 0.15) is 0 Å². The molecule has 0 spiro atoms. The molecule has 2 rings (SSSR count). The van der Waals surface area contributed by atoms with Crippen molar-refractivity contribution in [2.45, 2.75) is 71.5 Å². The Morgan fingerprint density at radius 3 is 2.53 bits per heavy atom.